The summed E-state index contributed by atoms with van der Waals surface area (Å²) in [5, 5.41) is 9.81. The molecule has 0 aliphatic carbocycles. The van der Waals surface area contributed by atoms with Crippen molar-refractivity contribution >= 4 is 11.6 Å². The SMILES string of the molecule is N#CC(c1ccc(Cl)cc1)c1ccncn1. The molecule has 1 aromatic carbocycles. The van der Waals surface area contributed by atoms with Crippen molar-refractivity contribution < 1.29 is 0 Å². The van der Waals surface area contributed by atoms with Crippen molar-refractivity contribution in [2.45, 2.75) is 5.92 Å². The van der Waals surface area contributed by atoms with E-state index in [9.17, 15) is 0 Å². The molecule has 0 spiro atoms. The summed E-state index contributed by atoms with van der Waals surface area (Å²) < 4.78 is 0. The van der Waals surface area contributed by atoms with Crippen LogP contribution in [0.25, 0.3) is 0 Å². The highest BCUT2D eigenvalue weighted by Crippen LogP contribution is 2.23. The van der Waals surface area contributed by atoms with Crippen molar-refractivity contribution in [2.75, 3.05) is 0 Å². The molecule has 3 nitrogen and oxygen atoms in total. The van der Waals surface area contributed by atoms with E-state index in [0.717, 1.165) is 5.56 Å². The number of halogens is 1. The lowest BCUT2D eigenvalue weighted by molar-refractivity contribution is 0.943. The third-order valence-electron chi connectivity index (χ3n) is 2.23. The number of nitrogens with zero attached hydrogens (tertiary/aromatic N) is 3. The fourth-order valence-electron chi connectivity index (χ4n) is 1.44. The summed E-state index contributed by atoms with van der Waals surface area (Å²) in [6, 6.07) is 11.2. The first-order valence-electron chi connectivity index (χ1n) is 4.72. The number of hydrogen-bond donors (Lipinski definition) is 0. The fourth-order valence-corrected chi connectivity index (χ4v) is 1.56. The van der Waals surface area contributed by atoms with Gasteiger partial charge in [-0.2, -0.15) is 5.26 Å². The quantitative estimate of drug-likeness (QED) is 0.796. The summed E-state index contributed by atoms with van der Waals surface area (Å²) in [5.74, 6) is -0.375. The maximum Gasteiger partial charge on any atom is 0.115 e. The Bertz CT molecular complexity index is 502. The summed E-state index contributed by atoms with van der Waals surface area (Å²) in [4.78, 5) is 7.91. The Morgan fingerprint density at radius 3 is 2.50 bits per heavy atom. The van der Waals surface area contributed by atoms with E-state index in [1.54, 1.807) is 24.4 Å². The summed E-state index contributed by atoms with van der Waals surface area (Å²) in [7, 11) is 0. The summed E-state index contributed by atoms with van der Waals surface area (Å²) in [5.41, 5.74) is 1.57. The van der Waals surface area contributed by atoms with Crippen LogP contribution in [0.2, 0.25) is 5.02 Å². The maximum absolute atomic E-state index is 9.16. The largest absolute Gasteiger partial charge is 0.245 e. The second-order valence-corrected chi connectivity index (χ2v) is 3.68. The number of rotatable bonds is 2. The Morgan fingerprint density at radius 1 is 1.19 bits per heavy atom. The third-order valence-corrected chi connectivity index (χ3v) is 2.49. The van der Waals surface area contributed by atoms with E-state index in [4.69, 9.17) is 16.9 Å². The Kier molecular flexibility index (Phi) is 3.13. The van der Waals surface area contributed by atoms with Crippen molar-refractivity contribution in [2.24, 2.45) is 0 Å². The van der Waals surface area contributed by atoms with Gasteiger partial charge in [-0.05, 0) is 23.8 Å². The molecule has 1 unspecified atom stereocenters. The van der Waals surface area contributed by atoms with Gasteiger partial charge >= 0.3 is 0 Å². The molecule has 0 N–H and O–H groups in total. The first-order chi connectivity index (χ1) is 7.81. The minimum atomic E-state index is -0.375. The molecule has 2 rings (SSSR count). The monoisotopic (exact) mass is 229 g/mol. The zero-order valence-corrected chi connectivity index (χ0v) is 9.09. The Hall–Kier alpha value is -1.92. The maximum atomic E-state index is 9.16. The number of hydrogen-bond acceptors (Lipinski definition) is 3. The van der Waals surface area contributed by atoms with E-state index in [1.165, 1.54) is 6.33 Å². The molecule has 2 aromatic rings. The molecule has 1 heterocycles. The molecule has 0 saturated carbocycles. The van der Waals surface area contributed by atoms with Gasteiger partial charge in [-0.3, -0.25) is 0 Å². The van der Waals surface area contributed by atoms with E-state index in [-0.39, 0.29) is 5.92 Å². The van der Waals surface area contributed by atoms with Crippen LogP contribution in [0.3, 0.4) is 0 Å². The highest BCUT2D eigenvalue weighted by atomic mass is 35.5. The van der Waals surface area contributed by atoms with Gasteiger partial charge in [-0.15, -0.1) is 0 Å². The normalized spacial score (nSPS) is 11.8. The lowest BCUT2D eigenvalue weighted by atomic mass is 9.97. The number of aromatic nitrogens is 2. The minimum absolute atomic E-state index is 0.375. The van der Waals surface area contributed by atoms with Crippen molar-refractivity contribution in [3.8, 4) is 6.07 Å². The minimum Gasteiger partial charge on any atom is -0.245 e. The zero-order chi connectivity index (χ0) is 11.4. The lowest BCUT2D eigenvalue weighted by Crippen LogP contribution is -2.00. The smallest absolute Gasteiger partial charge is 0.115 e. The average Bonchev–Trinajstić information content (AvgIpc) is 2.34. The lowest BCUT2D eigenvalue weighted by Gasteiger charge is -2.08. The second kappa shape index (κ2) is 4.73. The molecule has 4 heteroatoms. The molecule has 0 radical (unpaired) electrons. The van der Waals surface area contributed by atoms with Crippen molar-refractivity contribution in [1.82, 2.24) is 9.97 Å². The Balaban J connectivity index is 2.38. The zero-order valence-electron chi connectivity index (χ0n) is 8.34. The van der Waals surface area contributed by atoms with Crippen LogP contribution < -0.4 is 0 Å². The predicted molar refractivity (Wildman–Crippen MR) is 60.9 cm³/mol. The van der Waals surface area contributed by atoms with Gasteiger partial charge < -0.3 is 0 Å². The molecule has 0 aliphatic heterocycles. The average molecular weight is 230 g/mol. The highest BCUT2D eigenvalue weighted by molar-refractivity contribution is 6.30. The van der Waals surface area contributed by atoms with Gasteiger partial charge in [-0.1, -0.05) is 23.7 Å². The van der Waals surface area contributed by atoms with Crippen molar-refractivity contribution in [3.63, 3.8) is 0 Å². The summed E-state index contributed by atoms with van der Waals surface area (Å²) >= 11 is 5.80. The van der Waals surface area contributed by atoms with Gasteiger partial charge in [0.2, 0.25) is 0 Å². The van der Waals surface area contributed by atoms with Gasteiger partial charge in [0.15, 0.2) is 0 Å². The van der Waals surface area contributed by atoms with E-state index in [2.05, 4.69) is 16.0 Å². The van der Waals surface area contributed by atoms with E-state index in [1.807, 2.05) is 12.1 Å². The van der Waals surface area contributed by atoms with Crippen LogP contribution >= 0.6 is 11.6 Å². The summed E-state index contributed by atoms with van der Waals surface area (Å²) in [6.45, 7) is 0. The van der Waals surface area contributed by atoms with Crippen LogP contribution in [-0.4, -0.2) is 9.97 Å². The van der Waals surface area contributed by atoms with E-state index < -0.39 is 0 Å². The van der Waals surface area contributed by atoms with Gasteiger partial charge in [-0.25, -0.2) is 9.97 Å². The summed E-state index contributed by atoms with van der Waals surface area (Å²) in [6.07, 6.45) is 3.07. The first kappa shape index (κ1) is 10.6. The van der Waals surface area contributed by atoms with E-state index in [0.29, 0.717) is 10.7 Å². The molecule has 1 aromatic heterocycles. The Labute approximate surface area is 98.4 Å². The molecule has 0 fully saturated rings. The van der Waals surface area contributed by atoms with Crippen LogP contribution in [-0.2, 0) is 0 Å². The molecule has 78 valence electrons. The van der Waals surface area contributed by atoms with Crippen LogP contribution in [0.5, 0.6) is 0 Å². The van der Waals surface area contributed by atoms with Crippen molar-refractivity contribution in [1.29, 1.82) is 5.26 Å². The van der Waals surface area contributed by atoms with Gasteiger partial charge in [0.1, 0.15) is 12.2 Å². The molecular formula is C12H8ClN3. The van der Waals surface area contributed by atoms with Gasteiger partial charge in [0, 0.05) is 11.2 Å². The van der Waals surface area contributed by atoms with E-state index >= 15 is 0 Å². The standard InChI is InChI=1S/C12H8ClN3/c13-10-3-1-9(2-4-10)11(7-14)12-5-6-15-8-16-12/h1-6,8,11H. The van der Waals surface area contributed by atoms with Crippen molar-refractivity contribution in [3.05, 3.63) is 59.1 Å². The van der Waals surface area contributed by atoms with Gasteiger partial charge in [0.25, 0.3) is 0 Å². The molecule has 16 heavy (non-hydrogen) atoms. The van der Waals surface area contributed by atoms with Crippen LogP contribution in [0.15, 0.2) is 42.9 Å². The van der Waals surface area contributed by atoms with Crippen LogP contribution in [0.4, 0.5) is 0 Å². The first-order valence-corrected chi connectivity index (χ1v) is 5.10. The highest BCUT2D eigenvalue weighted by Gasteiger charge is 2.13. The molecule has 0 amide bonds. The number of benzene rings is 1. The second-order valence-electron chi connectivity index (χ2n) is 3.25. The molecule has 1 atom stereocenters. The number of nitriles is 1. The van der Waals surface area contributed by atoms with Gasteiger partial charge in [0.05, 0.1) is 11.8 Å². The Morgan fingerprint density at radius 2 is 1.94 bits per heavy atom. The predicted octanol–water partition coefficient (Wildman–Crippen LogP) is 2.79. The molecule has 0 bridgehead atoms. The third kappa shape index (κ3) is 2.18. The molecular weight excluding hydrogens is 222 g/mol. The fraction of sp³-hybridized carbons (Fsp3) is 0.0833. The molecule has 0 aliphatic rings. The topological polar surface area (TPSA) is 49.6 Å². The van der Waals surface area contributed by atoms with Crippen LogP contribution in [0.1, 0.15) is 17.2 Å². The molecule has 0 saturated heterocycles. The van der Waals surface area contributed by atoms with Crippen LogP contribution in [0, 0.1) is 11.3 Å².